The van der Waals surface area contributed by atoms with Crippen LogP contribution in [-0.4, -0.2) is 39.9 Å². The van der Waals surface area contributed by atoms with E-state index in [2.05, 4.69) is 17.1 Å². The number of aromatic nitrogens is 1. The van der Waals surface area contributed by atoms with E-state index in [1.807, 2.05) is 0 Å². The Bertz CT molecular complexity index is 1220. The minimum Gasteiger partial charge on any atom is -0.368 e. The molecule has 1 amide bonds. The van der Waals surface area contributed by atoms with Gasteiger partial charge in [-0.3, -0.25) is 9.32 Å². The molecule has 2 heterocycles. The molecule has 0 spiro atoms. The third-order valence-electron chi connectivity index (χ3n) is 5.22. The summed E-state index contributed by atoms with van der Waals surface area (Å²) in [5, 5.41) is 18.9. The van der Waals surface area contributed by atoms with Crippen LogP contribution in [0, 0.1) is 28.5 Å². The van der Waals surface area contributed by atoms with Gasteiger partial charge in [0.1, 0.15) is 34.0 Å². The zero-order chi connectivity index (χ0) is 25.0. The fourth-order valence-corrected chi connectivity index (χ4v) is 5.36. The first kappa shape index (κ1) is 25.6. The molecule has 0 aliphatic carbocycles. The molecule has 0 bridgehead atoms. The first-order valence-electron chi connectivity index (χ1n) is 10.1. The third kappa shape index (κ3) is 5.73. The number of nitrogens with two attached hydrogens (primary N) is 1. The number of nitriles is 2. The van der Waals surface area contributed by atoms with Crippen LogP contribution >= 0.6 is 19.6 Å². The molecule has 2 atom stereocenters. The lowest BCUT2D eigenvalue weighted by Crippen LogP contribution is -2.25. The second kappa shape index (κ2) is 10.5. The lowest BCUT2D eigenvalue weighted by molar-refractivity contribution is -0.117. The number of hydrogen-bond acceptors (Lipinski definition) is 8. The van der Waals surface area contributed by atoms with Gasteiger partial charge in [0.2, 0.25) is 5.91 Å². The second-order valence-corrected chi connectivity index (χ2v) is 9.74. The van der Waals surface area contributed by atoms with Crippen LogP contribution in [0.4, 0.5) is 10.2 Å². The highest BCUT2D eigenvalue weighted by atomic mass is 32.2. The summed E-state index contributed by atoms with van der Waals surface area (Å²) in [5.41, 5.74) is 6.74. The SMILES string of the molecule is CCc1c(C#N)c(SC(C(N)=O)c2ccc(F)cc2)nc(N2CCC(OP(=O)(O)O)C2)c1C#N. The number of pyridine rings is 1. The molecule has 0 radical (unpaired) electrons. The van der Waals surface area contributed by atoms with E-state index >= 15 is 0 Å². The quantitative estimate of drug-likeness (QED) is 0.357. The minimum atomic E-state index is -4.69. The van der Waals surface area contributed by atoms with E-state index in [4.69, 9.17) is 20.0 Å². The van der Waals surface area contributed by atoms with Gasteiger partial charge in [0.05, 0.1) is 17.2 Å². The topological polar surface area (TPSA) is 174 Å². The highest BCUT2D eigenvalue weighted by Gasteiger charge is 2.33. The van der Waals surface area contributed by atoms with Crippen LogP contribution in [0.3, 0.4) is 0 Å². The summed E-state index contributed by atoms with van der Waals surface area (Å²) in [6.07, 6.45) is -0.159. The predicted molar refractivity (Wildman–Crippen MR) is 121 cm³/mol. The van der Waals surface area contributed by atoms with E-state index in [-0.39, 0.29) is 28.5 Å². The van der Waals surface area contributed by atoms with E-state index < -0.39 is 30.9 Å². The van der Waals surface area contributed by atoms with Gasteiger partial charge in [-0.1, -0.05) is 30.8 Å². The Hall–Kier alpha value is -2.99. The standard InChI is InChI=1S/C21H21FN5O5PS/c1-2-15-16(9-23)20(27-8-7-14(11-27)32-33(29,30)31)26-21(17(15)10-24)34-18(19(25)28)12-3-5-13(22)6-4-12/h3-6,14,18H,2,7-8,11H2,1H3,(H2,25,28)(H2,29,30,31). The van der Waals surface area contributed by atoms with Crippen molar-refractivity contribution in [3.05, 3.63) is 52.3 Å². The first-order chi connectivity index (χ1) is 16.1. The van der Waals surface area contributed by atoms with Crippen LogP contribution in [0.1, 0.15) is 40.8 Å². The Kier molecular flexibility index (Phi) is 7.93. The largest absolute Gasteiger partial charge is 0.469 e. The summed E-state index contributed by atoms with van der Waals surface area (Å²) >= 11 is 0.917. The van der Waals surface area contributed by atoms with Gasteiger partial charge in [0.25, 0.3) is 0 Å². The molecule has 1 aromatic carbocycles. The van der Waals surface area contributed by atoms with Crippen LogP contribution in [0.2, 0.25) is 0 Å². The second-order valence-electron chi connectivity index (χ2n) is 7.45. The normalized spacial score (nSPS) is 16.6. The lowest BCUT2D eigenvalue weighted by Gasteiger charge is -2.23. The summed E-state index contributed by atoms with van der Waals surface area (Å²) in [6, 6.07) is 9.35. The number of rotatable bonds is 8. The van der Waals surface area contributed by atoms with Gasteiger partial charge in [-0.2, -0.15) is 10.5 Å². The number of carbonyl (C=O) groups is 1. The lowest BCUT2D eigenvalue weighted by atomic mass is 10.0. The molecule has 0 saturated carbocycles. The Morgan fingerprint density at radius 1 is 1.35 bits per heavy atom. The van der Waals surface area contributed by atoms with Gasteiger partial charge < -0.3 is 20.4 Å². The van der Waals surface area contributed by atoms with Gasteiger partial charge in [0.15, 0.2) is 0 Å². The number of primary amides is 1. The van der Waals surface area contributed by atoms with E-state index in [0.717, 1.165) is 11.8 Å². The number of amides is 1. The number of benzene rings is 1. The number of anilines is 1. The molecule has 1 fully saturated rings. The number of phosphoric acid groups is 1. The van der Waals surface area contributed by atoms with Crippen molar-refractivity contribution < 1.29 is 28.1 Å². The molecule has 34 heavy (non-hydrogen) atoms. The highest BCUT2D eigenvalue weighted by molar-refractivity contribution is 8.00. The maximum Gasteiger partial charge on any atom is 0.469 e. The molecule has 2 unspecified atom stereocenters. The van der Waals surface area contributed by atoms with Crippen molar-refractivity contribution in [1.82, 2.24) is 4.98 Å². The summed E-state index contributed by atoms with van der Waals surface area (Å²) in [7, 11) is -4.69. The zero-order valence-electron chi connectivity index (χ0n) is 18.0. The molecular weight excluding hydrogens is 484 g/mol. The monoisotopic (exact) mass is 505 g/mol. The van der Waals surface area contributed by atoms with E-state index in [1.165, 1.54) is 24.3 Å². The van der Waals surface area contributed by atoms with Crippen LogP contribution in [-0.2, 0) is 20.3 Å². The molecule has 1 aliphatic heterocycles. The molecule has 10 nitrogen and oxygen atoms in total. The van der Waals surface area contributed by atoms with Crippen molar-refractivity contribution in [2.75, 3.05) is 18.0 Å². The fraction of sp³-hybridized carbons (Fsp3) is 0.333. The summed E-state index contributed by atoms with van der Waals surface area (Å²) in [5.74, 6) is -0.981. The number of hydrogen-bond donors (Lipinski definition) is 3. The van der Waals surface area contributed by atoms with Crippen molar-refractivity contribution >= 4 is 31.3 Å². The van der Waals surface area contributed by atoms with Crippen LogP contribution in [0.5, 0.6) is 0 Å². The highest BCUT2D eigenvalue weighted by Crippen LogP contribution is 2.42. The van der Waals surface area contributed by atoms with Crippen molar-refractivity contribution in [2.24, 2.45) is 5.73 Å². The molecule has 2 aromatic rings. The molecule has 178 valence electrons. The number of thioether (sulfide) groups is 1. The number of nitrogens with zero attached hydrogens (tertiary/aromatic N) is 4. The van der Waals surface area contributed by atoms with Crippen molar-refractivity contribution in [3.63, 3.8) is 0 Å². The smallest absolute Gasteiger partial charge is 0.368 e. The summed E-state index contributed by atoms with van der Waals surface area (Å²) in [4.78, 5) is 36.6. The van der Waals surface area contributed by atoms with Gasteiger partial charge >= 0.3 is 7.82 Å². The maximum absolute atomic E-state index is 13.4. The molecule has 1 aliphatic rings. The molecule has 1 aromatic heterocycles. The van der Waals surface area contributed by atoms with Gasteiger partial charge in [-0.15, -0.1) is 0 Å². The Morgan fingerprint density at radius 3 is 2.53 bits per heavy atom. The first-order valence-corrected chi connectivity index (χ1v) is 12.6. The average molecular weight is 505 g/mol. The Balaban J connectivity index is 2.06. The van der Waals surface area contributed by atoms with E-state index in [9.17, 15) is 24.3 Å². The molecule has 4 N–H and O–H groups in total. The van der Waals surface area contributed by atoms with Crippen LogP contribution in [0.25, 0.3) is 0 Å². The fourth-order valence-electron chi connectivity index (χ4n) is 3.74. The molecule has 1 saturated heterocycles. The number of phosphoric ester groups is 1. The number of halogens is 1. The van der Waals surface area contributed by atoms with Crippen LogP contribution in [0.15, 0.2) is 29.3 Å². The van der Waals surface area contributed by atoms with E-state index in [1.54, 1.807) is 11.8 Å². The maximum atomic E-state index is 13.4. The molecular formula is C21H21FN5O5PS. The summed E-state index contributed by atoms with van der Waals surface area (Å²) in [6.45, 7) is 2.15. The van der Waals surface area contributed by atoms with Crippen molar-refractivity contribution in [1.29, 1.82) is 10.5 Å². The number of carbonyl (C=O) groups excluding carboxylic acids is 1. The molecule has 13 heteroatoms. The Labute approximate surface area is 199 Å². The predicted octanol–water partition coefficient (Wildman–Crippen LogP) is 2.53. The van der Waals surface area contributed by atoms with E-state index in [0.29, 0.717) is 30.5 Å². The molecule has 3 rings (SSSR count). The van der Waals surface area contributed by atoms with Gasteiger partial charge in [-0.25, -0.2) is 13.9 Å². The zero-order valence-corrected chi connectivity index (χ0v) is 19.7. The Morgan fingerprint density at radius 2 is 2.00 bits per heavy atom. The average Bonchev–Trinajstić information content (AvgIpc) is 3.23. The van der Waals surface area contributed by atoms with Gasteiger partial charge in [0, 0.05) is 13.1 Å². The van der Waals surface area contributed by atoms with Crippen molar-refractivity contribution in [3.8, 4) is 12.1 Å². The van der Waals surface area contributed by atoms with Gasteiger partial charge in [-0.05, 0) is 36.1 Å². The minimum absolute atomic E-state index is 0.0726. The van der Waals surface area contributed by atoms with Crippen LogP contribution < -0.4 is 10.6 Å². The summed E-state index contributed by atoms with van der Waals surface area (Å²) < 4.78 is 29.4. The third-order valence-corrected chi connectivity index (χ3v) is 7.05. The van der Waals surface area contributed by atoms with Crippen molar-refractivity contribution in [2.45, 2.75) is 36.1 Å².